The minimum atomic E-state index is -4.35. The summed E-state index contributed by atoms with van der Waals surface area (Å²) in [6.45, 7) is 6.07. The SMILES string of the molecule is COC(=O)[C@@H]1[C@@H](C)OS(=O)(=O)N1C(=O)OC(C)(C)C. The third-order valence-corrected chi connectivity index (χ3v) is 3.63. The molecule has 1 heterocycles. The van der Waals surface area contributed by atoms with Crippen LogP contribution < -0.4 is 0 Å². The van der Waals surface area contributed by atoms with Crippen molar-refractivity contribution in [3.05, 3.63) is 0 Å². The molecule has 1 aliphatic rings. The molecule has 9 heteroatoms. The number of hydrogen-bond donors (Lipinski definition) is 0. The topological polar surface area (TPSA) is 99.2 Å². The van der Waals surface area contributed by atoms with Crippen molar-refractivity contribution in [1.82, 2.24) is 4.31 Å². The highest BCUT2D eigenvalue weighted by Crippen LogP contribution is 2.27. The van der Waals surface area contributed by atoms with Gasteiger partial charge in [0.25, 0.3) is 0 Å². The molecule has 0 saturated carbocycles. The molecule has 0 radical (unpaired) electrons. The van der Waals surface area contributed by atoms with Gasteiger partial charge in [0.15, 0.2) is 6.04 Å². The second-order valence-electron chi connectivity index (χ2n) is 5.00. The van der Waals surface area contributed by atoms with Crippen molar-refractivity contribution >= 4 is 22.4 Å². The van der Waals surface area contributed by atoms with Gasteiger partial charge in [0.1, 0.15) is 11.7 Å². The van der Waals surface area contributed by atoms with Crippen LogP contribution in [0.5, 0.6) is 0 Å². The van der Waals surface area contributed by atoms with Gasteiger partial charge in [0.2, 0.25) is 0 Å². The van der Waals surface area contributed by atoms with Crippen LogP contribution in [-0.2, 0) is 28.8 Å². The summed E-state index contributed by atoms with van der Waals surface area (Å²) >= 11 is 0. The fraction of sp³-hybridized carbons (Fsp3) is 0.800. The average molecular weight is 295 g/mol. The Morgan fingerprint density at radius 1 is 1.26 bits per heavy atom. The Kier molecular flexibility index (Phi) is 4.11. The first-order chi connectivity index (χ1) is 8.49. The van der Waals surface area contributed by atoms with Gasteiger partial charge in [-0.1, -0.05) is 0 Å². The molecule has 2 atom stereocenters. The lowest BCUT2D eigenvalue weighted by atomic mass is 10.2. The molecule has 110 valence electrons. The van der Waals surface area contributed by atoms with Crippen molar-refractivity contribution in [1.29, 1.82) is 0 Å². The number of carbonyl (C=O) groups is 2. The lowest BCUT2D eigenvalue weighted by molar-refractivity contribution is -0.146. The van der Waals surface area contributed by atoms with E-state index in [1.54, 1.807) is 20.8 Å². The number of ether oxygens (including phenoxy) is 2. The summed E-state index contributed by atoms with van der Waals surface area (Å²) < 4.78 is 37.8. The summed E-state index contributed by atoms with van der Waals surface area (Å²) in [5.74, 6) is -0.889. The summed E-state index contributed by atoms with van der Waals surface area (Å²) in [4.78, 5) is 23.5. The van der Waals surface area contributed by atoms with Gasteiger partial charge in [-0.25, -0.2) is 13.8 Å². The normalized spacial score (nSPS) is 26.1. The molecule has 1 amide bonds. The third-order valence-electron chi connectivity index (χ3n) is 2.23. The number of hydrogen-bond acceptors (Lipinski definition) is 7. The van der Waals surface area contributed by atoms with E-state index in [0.29, 0.717) is 0 Å². The van der Waals surface area contributed by atoms with E-state index < -0.39 is 40.1 Å². The maximum Gasteiger partial charge on any atom is 0.426 e. The Hall–Kier alpha value is -1.35. The molecule has 0 aromatic rings. The molecule has 0 N–H and O–H groups in total. The van der Waals surface area contributed by atoms with Gasteiger partial charge >= 0.3 is 22.4 Å². The predicted molar refractivity (Wildman–Crippen MR) is 63.3 cm³/mol. The summed E-state index contributed by atoms with van der Waals surface area (Å²) in [7, 11) is -3.26. The van der Waals surface area contributed by atoms with Gasteiger partial charge in [-0.15, -0.1) is 0 Å². The first kappa shape index (κ1) is 15.7. The monoisotopic (exact) mass is 295 g/mol. The van der Waals surface area contributed by atoms with Gasteiger partial charge in [0.05, 0.1) is 7.11 Å². The van der Waals surface area contributed by atoms with Crippen molar-refractivity contribution in [2.45, 2.75) is 45.4 Å². The molecule has 1 saturated heterocycles. The smallest absolute Gasteiger partial charge is 0.426 e. The molecule has 0 spiro atoms. The van der Waals surface area contributed by atoms with Crippen LogP contribution in [0.3, 0.4) is 0 Å². The van der Waals surface area contributed by atoms with E-state index >= 15 is 0 Å². The third kappa shape index (κ3) is 3.35. The fourth-order valence-corrected chi connectivity index (χ4v) is 2.88. The maximum absolute atomic E-state index is 11.9. The molecule has 1 fully saturated rings. The van der Waals surface area contributed by atoms with E-state index in [1.807, 2.05) is 0 Å². The fourth-order valence-electron chi connectivity index (χ4n) is 1.54. The number of esters is 1. The first-order valence-electron chi connectivity index (χ1n) is 5.53. The molecular weight excluding hydrogens is 278 g/mol. The number of carbonyl (C=O) groups excluding carboxylic acids is 2. The minimum Gasteiger partial charge on any atom is -0.467 e. The van der Waals surface area contributed by atoms with Crippen LogP contribution in [0, 0.1) is 0 Å². The largest absolute Gasteiger partial charge is 0.467 e. The van der Waals surface area contributed by atoms with E-state index in [0.717, 1.165) is 7.11 Å². The lowest BCUT2D eigenvalue weighted by Crippen LogP contribution is -2.48. The standard InChI is InChI=1S/C10H17NO7S/c1-6-7(8(12)16-5)11(19(14,15)18-6)9(13)17-10(2,3)4/h6-7H,1-5H3/t6-,7+/m1/s1. The van der Waals surface area contributed by atoms with E-state index in [2.05, 4.69) is 8.92 Å². The van der Waals surface area contributed by atoms with E-state index in [4.69, 9.17) is 4.74 Å². The average Bonchev–Trinajstić information content (AvgIpc) is 2.44. The highest BCUT2D eigenvalue weighted by atomic mass is 32.2. The molecule has 0 bridgehead atoms. The molecule has 0 aliphatic carbocycles. The zero-order valence-corrected chi connectivity index (χ0v) is 12.2. The van der Waals surface area contributed by atoms with Crippen LogP contribution >= 0.6 is 0 Å². The molecule has 1 aliphatic heterocycles. The highest BCUT2D eigenvalue weighted by Gasteiger charge is 2.53. The van der Waals surface area contributed by atoms with Crippen LogP contribution in [0.4, 0.5) is 4.79 Å². The highest BCUT2D eigenvalue weighted by molar-refractivity contribution is 7.85. The second kappa shape index (κ2) is 4.97. The summed E-state index contributed by atoms with van der Waals surface area (Å²) in [6.07, 6.45) is -2.21. The van der Waals surface area contributed by atoms with Gasteiger partial charge in [-0.2, -0.15) is 12.7 Å². The van der Waals surface area contributed by atoms with Crippen LogP contribution in [0.1, 0.15) is 27.7 Å². The number of methoxy groups -OCH3 is 1. The molecule has 1 rings (SSSR count). The molecule has 0 aromatic carbocycles. The zero-order valence-electron chi connectivity index (χ0n) is 11.4. The molecule has 0 unspecified atom stereocenters. The van der Waals surface area contributed by atoms with Crippen LogP contribution in [0.15, 0.2) is 0 Å². The predicted octanol–water partition coefficient (Wildman–Crippen LogP) is 0.429. The quantitative estimate of drug-likeness (QED) is 0.647. The zero-order chi connectivity index (χ0) is 15.0. The summed E-state index contributed by atoms with van der Waals surface area (Å²) in [5.41, 5.74) is -0.904. The Bertz CT molecular complexity index is 479. The molecule has 0 aromatic heterocycles. The summed E-state index contributed by atoms with van der Waals surface area (Å²) in [6, 6.07) is -1.38. The Morgan fingerprint density at radius 3 is 2.21 bits per heavy atom. The molecule has 19 heavy (non-hydrogen) atoms. The lowest BCUT2D eigenvalue weighted by Gasteiger charge is -2.25. The van der Waals surface area contributed by atoms with E-state index in [9.17, 15) is 18.0 Å². The number of amides is 1. The minimum absolute atomic E-state index is 0.273. The van der Waals surface area contributed by atoms with Gasteiger partial charge in [-0.05, 0) is 27.7 Å². The van der Waals surface area contributed by atoms with Gasteiger partial charge in [0, 0.05) is 0 Å². The van der Waals surface area contributed by atoms with E-state index in [-0.39, 0.29) is 4.31 Å². The Morgan fingerprint density at radius 2 is 1.79 bits per heavy atom. The maximum atomic E-state index is 11.9. The van der Waals surface area contributed by atoms with E-state index in [1.165, 1.54) is 6.92 Å². The second-order valence-corrected chi connectivity index (χ2v) is 6.44. The number of nitrogens with zero attached hydrogens (tertiary/aromatic N) is 1. The van der Waals surface area contributed by atoms with Crippen LogP contribution in [0.25, 0.3) is 0 Å². The van der Waals surface area contributed by atoms with Crippen molar-refractivity contribution in [2.75, 3.05) is 7.11 Å². The number of rotatable bonds is 1. The Labute approximate surface area is 111 Å². The van der Waals surface area contributed by atoms with Crippen molar-refractivity contribution < 1.29 is 31.7 Å². The van der Waals surface area contributed by atoms with Crippen molar-refractivity contribution in [2.24, 2.45) is 0 Å². The molecule has 8 nitrogen and oxygen atoms in total. The van der Waals surface area contributed by atoms with Gasteiger partial charge < -0.3 is 9.47 Å². The van der Waals surface area contributed by atoms with Crippen LogP contribution in [0.2, 0.25) is 0 Å². The van der Waals surface area contributed by atoms with Crippen molar-refractivity contribution in [3.8, 4) is 0 Å². The molecular formula is C10H17NO7S. The van der Waals surface area contributed by atoms with Crippen LogP contribution in [-0.4, -0.2) is 49.6 Å². The van der Waals surface area contributed by atoms with Crippen molar-refractivity contribution in [3.63, 3.8) is 0 Å². The Balaban J connectivity index is 3.11. The van der Waals surface area contributed by atoms with Gasteiger partial charge in [-0.3, -0.25) is 0 Å². The first-order valence-corrected chi connectivity index (χ1v) is 6.89. The summed E-state index contributed by atoms with van der Waals surface area (Å²) in [5, 5.41) is 0.